The lowest BCUT2D eigenvalue weighted by Gasteiger charge is -2.09. The number of unbranched alkanes of at least 4 members (excludes halogenated alkanes) is 1. The van der Waals surface area contributed by atoms with Crippen molar-refractivity contribution in [2.45, 2.75) is 19.8 Å². The average molecular weight is 384 g/mol. The van der Waals surface area contributed by atoms with Crippen LogP contribution in [0.3, 0.4) is 0 Å². The number of carbonyl (C=O) groups is 2. The summed E-state index contributed by atoms with van der Waals surface area (Å²) in [6.07, 6.45) is 2.58. The molecule has 148 valence electrons. The number of methoxy groups -OCH3 is 1. The van der Waals surface area contributed by atoms with Gasteiger partial charge in [0, 0.05) is 6.08 Å². The van der Waals surface area contributed by atoms with Gasteiger partial charge in [-0.25, -0.2) is 9.59 Å². The Kier molecular flexibility index (Phi) is 8.09. The number of rotatable bonds is 10. The van der Waals surface area contributed by atoms with Gasteiger partial charge in [0.1, 0.15) is 17.2 Å². The van der Waals surface area contributed by atoms with E-state index in [1.165, 1.54) is 0 Å². The van der Waals surface area contributed by atoms with Crippen molar-refractivity contribution < 1.29 is 28.5 Å². The van der Waals surface area contributed by atoms with Crippen LogP contribution in [0.5, 0.6) is 17.2 Å². The van der Waals surface area contributed by atoms with Crippen LogP contribution in [0.2, 0.25) is 0 Å². The van der Waals surface area contributed by atoms with E-state index in [9.17, 15) is 9.59 Å². The van der Waals surface area contributed by atoms with Crippen LogP contribution in [0.4, 0.5) is 0 Å². The second kappa shape index (κ2) is 10.8. The maximum Gasteiger partial charge on any atom is 0.343 e. The highest BCUT2D eigenvalue weighted by molar-refractivity contribution is 5.91. The lowest BCUT2D eigenvalue weighted by Crippen LogP contribution is -2.08. The van der Waals surface area contributed by atoms with Crippen LogP contribution < -0.4 is 14.2 Å². The second-order valence-corrected chi connectivity index (χ2v) is 5.97. The highest BCUT2D eigenvalue weighted by atomic mass is 16.5. The molecule has 0 saturated heterocycles. The highest BCUT2D eigenvalue weighted by Gasteiger charge is 2.10. The lowest BCUT2D eigenvalue weighted by atomic mass is 10.2. The first-order chi connectivity index (χ1) is 13.5. The Labute approximate surface area is 164 Å². The molecule has 6 nitrogen and oxygen atoms in total. The Bertz CT molecular complexity index is 810. The van der Waals surface area contributed by atoms with E-state index in [0.717, 1.165) is 23.8 Å². The summed E-state index contributed by atoms with van der Waals surface area (Å²) in [6, 6.07) is 11.9. The zero-order valence-corrected chi connectivity index (χ0v) is 16.1. The number of hydrogen-bond donors (Lipinski definition) is 0. The van der Waals surface area contributed by atoms with E-state index in [0.29, 0.717) is 36.7 Å². The second-order valence-electron chi connectivity index (χ2n) is 5.97. The minimum absolute atomic E-state index is 0.337. The van der Waals surface area contributed by atoms with Crippen molar-refractivity contribution >= 4 is 11.9 Å². The van der Waals surface area contributed by atoms with Crippen molar-refractivity contribution in [3.8, 4) is 17.2 Å². The van der Waals surface area contributed by atoms with Crippen LogP contribution in [-0.4, -0.2) is 32.3 Å². The van der Waals surface area contributed by atoms with Gasteiger partial charge in [0.25, 0.3) is 0 Å². The van der Waals surface area contributed by atoms with Gasteiger partial charge in [0.2, 0.25) is 0 Å². The molecule has 0 radical (unpaired) electrons. The van der Waals surface area contributed by atoms with Gasteiger partial charge in [0.15, 0.2) is 0 Å². The minimum atomic E-state index is -0.444. The molecule has 0 amide bonds. The molecule has 0 atom stereocenters. The fourth-order valence-electron chi connectivity index (χ4n) is 2.39. The van der Waals surface area contributed by atoms with E-state index >= 15 is 0 Å². The number of aryl methyl sites for hydroxylation is 1. The van der Waals surface area contributed by atoms with Crippen molar-refractivity contribution in [1.29, 1.82) is 0 Å². The van der Waals surface area contributed by atoms with E-state index in [1.807, 2.05) is 6.92 Å². The molecule has 0 aliphatic rings. The maximum absolute atomic E-state index is 12.3. The first-order valence-corrected chi connectivity index (χ1v) is 8.92. The van der Waals surface area contributed by atoms with Gasteiger partial charge in [-0.2, -0.15) is 0 Å². The van der Waals surface area contributed by atoms with E-state index in [1.54, 1.807) is 49.6 Å². The summed E-state index contributed by atoms with van der Waals surface area (Å²) in [4.78, 5) is 23.2. The van der Waals surface area contributed by atoms with Crippen molar-refractivity contribution in [2.24, 2.45) is 0 Å². The summed E-state index contributed by atoms with van der Waals surface area (Å²) in [6.45, 7) is 6.04. The molecule has 2 rings (SSSR count). The molecule has 0 saturated carbocycles. The highest BCUT2D eigenvalue weighted by Crippen LogP contribution is 2.24. The van der Waals surface area contributed by atoms with E-state index in [2.05, 4.69) is 6.58 Å². The van der Waals surface area contributed by atoms with Crippen LogP contribution in [0.15, 0.2) is 55.1 Å². The fraction of sp³-hybridized carbons (Fsp3) is 0.273. The van der Waals surface area contributed by atoms with Crippen LogP contribution in [-0.2, 0) is 9.53 Å². The molecule has 2 aromatic carbocycles. The Morgan fingerprint density at radius 3 is 2.32 bits per heavy atom. The molecule has 0 spiro atoms. The summed E-state index contributed by atoms with van der Waals surface area (Å²) < 4.78 is 21.1. The SMILES string of the molecule is C=CC(=O)OCCCCOc1ccc(C(=O)Oc2ccc(OC)c(C)c2)cc1. The number of benzene rings is 2. The van der Waals surface area contributed by atoms with Crippen LogP contribution in [0.1, 0.15) is 28.8 Å². The van der Waals surface area contributed by atoms with Crippen molar-refractivity contribution in [3.05, 3.63) is 66.2 Å². The molecule has 0 N–H and O–H groups in total. The quantitative estimate of drug-likeness (QED) is 0.266. The zero-order chi connectivity index (χ0) is 20.4. The average Bonchev–Trinajstić information content (AvgIpc) is 2.71. The summed E-state index contributed by atoms with van der Waals surface area (Å²) in [5.41, 5.74) is 1.31. The number of esters is 2. The number of hydrogen-bond acceptors (Lipinski definition) is 6. The van der Waals surface area contributed by atoms with Crippen molar-refractivity contribution in [3.63, 3.8) is 0 Å². The molecular weight excluding hydrogens is 360 g/mol. The molecule has 2 aromatic rings. The standard InChI is InChI=1S/C22H24O6/c1-4-21(23)27-14-6-5-13-26-18-9-7-17(8-10-18)22(24)28-19-11-12-20(25-3)16(2)15-19/h4,7-12,15H,1,5-6,13-14H2,2-3H3. The van der Waals surface area contributed by atoms with E-state index in [-0.39, 0.29) is 0 Å². The predicted molar refractivity (Wildman–Crippen MR) is 105 cm³/mol. The molecule has 28 heavy (non-hydrogen) atoms. The first kappa shape index (κ1) is 21.0. The zero-order valence-electron chi connectivity index (χ0n) is 16.1. The summed E-state index contributed by atoms with van der Waals surface area (Å²) in [5, 5.41) is 0. The predicted octanol–water partition coefficient (Wildman–Crippen LogP) is 4.11. The maximum atomic E-state index is 12.3. The molecule has 0 aliphatic carbocycles. The van der Waals surface area contributed by atoms with Gasteiger partial charge in [-0.1, -0.05) is 6.58 Å². The molecular formula is C22H24O6. The molecule has 0 heterocycles. The normalized spacial score (nSPS) is 10.1. The summed E-state index contributed by atoms with van der Waals surface area (Å²) in [5.74, 6) is 0.981. The van der Waals surface area contributed by atoms with E-state index in [4.69, 9.17) is 18.9 Å². The van der Waals surface area contributed by atoms with Gasteiger partial charge in [-0.3, -0.25) is 0 Å². The molecule has 0 unspecified atom stereocenters. The van der Waals surface area contributed by atoms with Gasteiger partial charge in [-0.05, 0) is 67.8 Å². The van der Waals surface area contributed by atoms with Crippen LogP contribution in [0.25, 0.3) is 0 Å². The largest absolute Gasteiger partial charge is 0.496 e. The van der Waals surface area contributed by atoms with E-state index < -0.39 is 11.9 Å². The molecule has 0 bridgehead atoms. The third kappa shape index (κ3) is 6.46. The number of ether oxygens (including phenoxy) is 4. The van der Waals surface area contributed by atoms with Gasteiger partial charge < -0.3 is 18.9 Å². The third-order valence-electron chi connectivity index (χ3n) is 3.89. The Hall–Kier alpha value is -3.28. The monoisotopic (exact) mass is 384 g/mol. The van der Waals surface area contributed by atoms with Crippen LogP contribution >= 0.6 is 0 Å². The third-order valence-corrected chi connectivity index (χ3v) is 3.89. The van der Waals surface area contributed by atoms with Crippen molar-refractivity contribution in [1.82, 2.24) is 0 Å². The molecule has 0 aromatic heterocycles. The number of carbonyl (C=O) groups excluding carboxylic acids is 2. The minimum Gasteiger partial charge on any atom is -0.496 e. The Morgan fingerprint density at radius 2 is 1.68 bits per heavy atom. The van der Waals surface area contributed by atoms with Crippen LogP contribution in [0, 0.1) is 6.92 Å². The molecule has 0 fully saturated rings. The fourth-order valence-corrected chi connectivity index (χ4v) is 2.39. The first-order valence-electron chi connectivity index (χ1n) is 8.92. The summed E-state index contributed by atoms with van der Waals surface area (Å²) in [7, 11) is 1.59. The summed E-state index contributed by atoms with van der Waals surface area (Å²) >= 11 is 0. The Balaban J connectivity index is 1.78. The molecule has 6 heteroatoms. The van der Waals surface area contributed by atoms with Gasteiger partial charge >= 0.3 is 11.9 Å². The smallest absolute Gasteiger partial charge is 0.343 e. The Morgan fingerprint density at radius 1 is 1.00 bits per heavy atom. The van der Waals surface area contributed by atoms with Crippen molar-refractivity contribution in [2.75, 3.05) is 20.3 Å². The van der Waals surface area contributed by atoms with Gasteiger partial charge in [-0.15, -0.1) is 0 Å². The topological polar surface area (TPSA) is 71.1 Å². The lowest BCUT2D eigenvalue weighted by molar-refractivity contribution is -0.137. The molecule has 0 aliphatic heterocycles. The van der Waals surface area contributed by atoms with Gasteiger partial charge in [0.05, 0.1) is 25.9 Å².